The molecule has 0 aromatic heterocycles. The highest BCUT2D eigenvalue weighted by Gasteiger charge is 2.33. The monoisotopic (exact) mass is 302 g/mol. The molecule has 0 spiro atoms. The second kappa shape index (κ2) is 5.72. The molecule has 0 unspecified atom stereocenters. The summed E-state index contributed by atoms with van der Waals surface area (Å²) >= 11 is 3.26. The molecule has 0 fully saturated rings. The number of rotatable bonds is 5. The van der Waals surface area contributed by atoms with Crippen molar-refractivity contribution in [2.75, 3.05) is 6.54 Å². The van der Waals surface area contributed by atoms with Crippen molar-refractivity contribution in [1.82, 2.24) is 0 Å². The van der Waals surface area contributed by atoms with Crippen LogP contribution >= 0.6 is 15.9 Å². The first kappa shape index (κ1) is 13.6. The molecule has 1 rings (SSSR count). The van der Waals surface area contributed by atoms with Gasteiger partial charge in [0.15, 0.2) is 0 Å². The predicted octanol–water partition coefficient (Wildman–Crippen LogP) is 2.47. The van der Waals surface area contributed by atoms with Crippen molar-refractivity contribution in [3.05, 3.63) is 54.5 Å². The molecule has 0 amide bonds. The van der Waals surface area contributed by atoms with E-state index >= 15 is 0 Å². The van der Waals surface area contributed by atoms with E-state index in [9.17, 15) is 20.2 Å². The van der Waals surface area contributed by atoms with E-state index in [-0.39, 0.29) is 0 Å². The molecular weight excluding hydrogens is 292 g/mol. The average Bonchev–Trinajstić information content (AvgIpc) is 2.25. The van der Waals surface area contributed by atoms with Crippen LogP contribution in [0.15, 0.2) is 28.7 Å². The smallest absolute Gasteiger partial charge is 0.223 e. The van der Waals surface area contributed by atoms with Gasteiger partial charge in [0.2, 0.25) is 12.6 Å². The average molecular weight is 303 g/mol. The van der Waals surface area contributed by atoms with Crippen molar-refractivity contribution >= 4 is 15.9 Å². The maximum atomic E-state index is 10.8. The van der Waals surface area contributed by atoms with E-state index in [4.69, 9.17) is 0 Å². The lowest BCUT2D eigenvalue weighted by molar-refractivity contribution is -0.543. The lowest BCUT2D eigenvalue weighted by Crippen LogP contribution is -2.29. The Labute approximate surface area is 106 Å². The summed E-state index contributed by atoms with van der Waals surface area (Å²) < 4.78 is 0.653. The molecule has 0 saturated carbocycles. The van der Waals surface area contributed by atoms with Crippen LogP contribution in [0, 0.1) is 20.2 Å². The van der Waals surface area contributed by atoms with Gasteiger partial charge in [0.05, 0.1) is 0 Å². The maximum Gasteiger partial charge on any atom is 0.223 e. The quantitative estimate of drug-likeness (QED) is 0.617. The van der Waals surface area contributed by atoms with Gasteiger partial charge >= 0.3 is 0 Å². The summed E-state index contributed by atoms with van der Waals surface area (Å²) in [6, 6.07) is 5.85. The van der Waals surface area contributed by atoms with Gasteiger partial charge in [-0.3, -0.25) is 20.2 Å². The van der Waals surface area contributed by atoms with Gasteiger partial charge in [-0.25, -0.2) is 0 Å². The molecule has 1 aromatic carbocycles. The molecule has 0 bridgehead atoms. The van der Waals surface area contributed by atoms with Gasteiger partial charge in [-0.1, -0.05) is 34.1 Å². The molecule has 0 aliphatic carbocycles. The minimum Gasteiger partial charge on any atom is -0.265 e. The van der Waals surface area contributed by atoms with E-state index in [2.05, 4.69) is 15.9 Å². The van der Waals surface area contributed by atoms with Gasteiger partial charge < -0.3 is 0 Å². The van der Waals surface area contributed by atoms with Crippen molar-refractivity contribution < 1.29 is 9.85 Å². The van der Waals surface area contributed by atoms with E-state index in [0.717, 1.165) is 0 Å². The number of hydrogen-bond acceptors (Lipinski definition) is 4. The van der Waals surface area contributed by atoms with Crippen LogP contribution in [0.4, 0.5) is 0 Å². The SMILES string of the molecule is C[C@@H]([C@H](C[N+](=O)[O-])c1ccccc1Br)[N+](=O)[O-]. The third-order valence-corrected chi connectivity index (χ3v) is 3.29. The zero-order valence-corrected chi connectivity index (χ0v) is 10.7. The summed E-state index contributed by atoms with van der Waals surface area (Å²) in [6.07, 6.45) is 0. The molecule has 0 radical (unpaired) electrons. The van der Waals surface area contributed by atoms with Gasteiger partial charge in [-0.05, 0) is 11.6 Å². The van der Waals surface area contributed by atoms with E-state index in [1.165, 1.54) is 6.92 Å². The number of hydrogen-bond donors (Lipinski definition) is 0. The van der Waals surface area contributed by atoms with Crippen LogP contribution in [-0.4, -0.2) is 22.4 Å². The van der Waals surface area contributed by atoms with Gasteiger partial charge in [0.1, 0.15) is 5.92 Å². The van der Waals surface area contributed by atoms with Crippen molar-refractivity contribution in [2.24, 2.45) is 0 Å². The Morgan fingerprint density at radius 1 is 1.29 bits per heavy atom. The summed E-state index contributed by atoms with van der Waals surface area (Å²) in [4.78, 5) is 20.3. The molecule has 6 nitrogen and oxygen atoms in total. The normalized spacial score (nSPS) is 14.0. The zero-order valence-electron chi connectivity index (χ0n) is 9.08. The topological polar surface area (TPSA) is 86.3 Å². The number of nitrogens with zero attached hydrogens (tertiary/aromatic N) is 2. The summed E-state index contributed by atoms with van der Waals surface area (Å²) in [7, 11) is 0. The van der Waals surface area contributed by atoms with E-state index in [0.29, 0.717) is 10.0 Å². The Hall–Kier alpha value is -1.50. The molecule has 0 saturated heterocycles. The van der Waals surface area contributed by atoms with Gasteiger partial charge in [0, 0.05) is 21.2 Å². The largest absolute Gasteiger partial charge is 0.265 e. The predicted molar refractivity (Wildman–Crippen MR) is 65.2 cm³/mol. The fourth-order valence-corrected chi connectivity index (χ4v) is 2.17. The minimum absolute atomic E-state index is 0.454. The first-order chi connectivity index (χ1) is 7.93. The van der Waals surface area contributed by atoms with Crippen LogP contribution in [0.2, 0.25) is 0 Å². The molecule has 92 valence electrons. The van der Waals surface area contributed by atoms with Crippen LogP contribution < -0.4 is 0 Å². The molecule has 1 aromatic rings. The molecule has 7 heteroatoms. The summed E-state index contributed by atoms with van der Waals surface area (Å²) in [6.45, 7) is 0.929. The van der Waals surface area contributed by atoms with E-state index in [1.54, 1.807) is 24.3 Å². The summed E-state index contributed by atoms with van der Waals surface area (Å²) in [5.74, 6) is -0.740. The molecule has 17 heavy (non-hydrogen) atoms. The highest BCUT2D eigenvalue weighted by molar-refractivity contribution is 9.10. The van der Waals surface area contributed by atoms with Crippen LogP contribution in [0.1, 0.15) is 18.4 Å². The molecular formula is C10H11BrN2O4. The highest BCUT2D eigenvalue weighted by Crippen LogP contribution is 2.28. The van der Waals surface area contributed by atoms with Gasteiger partial charge in [-0.2, -0.15) is 0 Å². The number of nitro groups is 2. The molecule has 2 atom stereocenters. The van der Waals surface area contributed by atoms with Crippen LogP contribution in [0.5, 0.6) is 0 Å². The summed E-state index contributed by atoms with van der Waals surface area (Å²) in [5, 5.41) is 21.4. The third kappa shape index (κ3) is 3.48. The Morgan fingerprint density at radius 2 is 1.88 bits per heavy atom. The Bertz CT molecular complexity index is 438. The van der Waals surface area contributed by atoms with Crippen molar-refractivity contribution in [2.45, 2.75) is 18.9 Å². The lowest BCUT2D eigenvalue weighted by atomic mass is 9.93. The fourth-order valence-electron chi connectivity index (χ4n) is 1.59. The minimum atomic E-state index is -1.00. The second-order valence-electron chi connectivity index (χ2n) is 3.67. The number of benzene rings is 1. The molecule has 0 N–H and O–H groups in total. The zero-order chi connectivity index (χ0) is 13.0. The molecule has 0 aliphatic rings. The van der Waals surface area contributed by atoms with Crippen molar-refractivity contribution in [1.29, 1.82) is 0 Å². The first-order valence-electron chi connectivity index (χ1n) is 4.93. The molecule has 0 aliphatic heterocycles. The lowest BCUT2D eigenvalue weighted by Gasteiger charge is -2.16. The Kier molecular flexibility index (Phi) is 4.56. The first-order valence-corrected chi connectivity index (χ1v) is 5.72. The Balaban J connectivity index is 3.10. The summed E-state index contributed by atoms with van der Waals surface area (Å²) in [5.41, 5.74) is 0.591. The van der Waals surface area contributed by atoms with E-state index in [1.807, 2.05) is 0 Å². The third-order valence-electron chi connectivity index (χ3n) is 2.57. The second-order valence-corrected chi connectivity index (χ2v) is 4.52. The van der Waals surface area contributed by atoms with Crippen LogP contribution in [-0.2, 0) is 0 Å². The van der Waals surface area contributed by atoms with Crippen molar-refractivity contribution in [3.63, 3.8) is 0 Å². The van der Waals surface area contributed by atoms with E-state index < -0.39 is 28.4 Å². The fraction of sp³-hybridized carbons (Fsp3) is 0.400. The number of halogens is 1. The Morgan fingerprint density at radius 3 is 2.35 bits per heavy atom. The van der Waals surface area contributed by atoms with Crippen LogP contribution in [0.3, 0.4) is 0 Å². The van der Waals surface area contributed by atoms with Crippen LogP contribution in [0.25, 0.3) is 0 Å². The van der Waals surface area contributed by atoms with Crippen molar-refractivity contribution in [3.8, 4) is 0 Å². The molecule has 0 heterocycles. The standard InChI is InChI=1S/C10H11BrN2O4/c1-7(13(16)17)9(6-12(14)15)8-4-2-3-5-10(8)11/h2-5,7,9H,6H2,1H3/t7-,9-/m0/s1. The highest BCUT2D eigenvalue weighted by atomic mass is 79.9. The maximum absolute atomic E-state index is 10.8. The van der Waals surface area contributed by atoms with Gasteiger partial charge in [0.25, 0.3) is 0 Å². The van der Waals surface area contributed by atoms with Gasteiger partial charge in [-0.15, -0.1) is 0 Å².